The molecule has 2 atom stereocenters. The molecule has 0 aliphatic carbocycles. The number of aryl methyl sites for hydroxylation is 1. The summed E-state index contributed by atoms with van der Waals surface area (Å²) in [7, 11) is -5.72. The zero-order valence-corrected chi connectivity index (χ0v) is 22.7. The van der Waals surface area contributed by atoms with Crippen LogP contribution in [0.3, 0.4) is 0 Å². The molecule has 1 aromatic heterocycles. The van der Waals surface area contributed by atoms with Crippen LogP contribution in [0.2, 0.25) is 0 Å². The molecule has 1 N–H and O–H groups in total. The van der Waals surface area contributed by atoms with Gasteiger partial charge < -0.3 is 9.64 Å². The van der Waals surface area contributed by atoms with Crippen molar-refractivity contribution in [1.82, 2.24) is 10.2 Å². The van der Waals surface area contributed by atoms with Crippen LogP contribution >= 0.6 is 11.3 Å². The SMILES string of the molecule is CCC(C)OC(=O)c1nnc(N=Nc2cc3c(cc2NS(=O)(=O)C(F)(F)F)N(C(C)C)C(CC)CC3)s1. The number of alkyl halides is 3. The maximum atomic E-state index is 13.2. The number of esters is 1. The number of anilines is 2. The monoisotopic (exact) mass is 562 g/mol. The first-order valence-corrected chi connectivity index (χ1v) is 14.1. The molecule has 1 aliphatic rings. The largest absolute Gasteiger partial charge is 0.516 e. The molecule has 10 nitrogen and oxygen atoms in total. The number of fused-ring (bicyclic) bond motifs is 1. The molecule has 2 unspecified atom stereocenters. The summed E-state index contributed by atoms with van der Waals surface area (Å²) in [5.41, 5.74) is -4.58. The Kier molecular flexibility index (Phi) is 8.78. The molecule has 0 saturated carbocycles. The Labute approximate surface area is 217 Å². The van der Waals surface area contributed by atoms with Gasteiger partial charge in [-0.1, -0.05) is 25.2 Å². The lowest BCUT2D eigenvalue weighted by Crippen LogP contribution is -2.43. The molecule has 2 aromatic rings. The first-order chi connectivity index (χ1) is 17.3. The number of hydrogen-bond acceptors (Lipinski definition) is 10. The number of carbonyl (C=O) groups is 1. The van der Waals surface area contributed by atoms with Crippen LogP contribution in [-0.4, -0.2) is 48.3 Å². The van der Waals surface area contributed by atoms with Gasteiger partial charge >= 0.3 is 21.5 Å². The number of azo groups is 1. The van der Waals surface area contributed by atoms with Crippen molar-refractivity contribution in [3.8, 4) is 0 Å². The summed E-state index contributed by atoms with van der Waals surface area (Å²) in [6.07, 6.45) is 2.57. The average Bonchev–Trinajstić information content (AvgIpc) is 3.30. The molecule has 1 aliphatic heterocycles. The van der Waals surface area contributed by atoms with Crippen LogP contribution in [-0.2, 0) is 21.2 Å². The third-order valence-electron chi connectivity index (χ3n) is 5.91. The van der Waals surface area contributed by atoms with Crippen molar-refractivity contribution in [2.75, 3.05) is 9.62 Å². The van der Waals surface area contributed by atoms with Crippen molar-refractivity contribution in [3.05, 3.63) is 22.7 Å². The highest BCUT2D eigenvalue weighted by Crippen LogP contribution is 2.42. The summed E-state index contributed by atoms with van der Waals surface area (Å²) < 4.78 is 70.2. The molecule has 0 radical (unpaired) electrons. The summed E-state index contributed by atoms with van der Waals surface area (Å²) in [4.78, 5) is 14.2. The standard InChI is InChI=1S/C22H29F3N6O4S2/c1-6-13(5)35-20(32)19-27-29-21(36-19)28-26-16-10-14-8-9-15(7-2)31(12(3)4)18(14)11-17(16)30-37(33,34)22(23,24)25/h10-13,15,30H,6-9H2,1-5H3. The Hall–Kier alpha value is -2.81. The molecule has 37 heavy (non-hydrogen) atoms. The van der Waals surface area contributed by atoms with Crippen molar-refractivity contribution in [2.24, 2.45) is 10.2 Å². The molecular formula is C22H29F3N6O4S2. The normalized spacial score (nSPS) is 17.2. The highest BCUT2D eigenvalue weighted by molar-refractivity contribution is 7.93. The highest BCUT2D eigenvalue weighted by Gasteiger charge is 2.46. The lowest BCUT2D eigenvalue weighted by atomic mass is 9.92. The molecule has 204 valence electrons. The van der Waals surface area contributed by atoms with E-state index >= 15 is 0 Å². The van der Waals surface area contributed by atoms with Crippen molar-refractivity contribution < 1.29 is 31.1 Å². The predicted molar refractivity (Wildman–Crippen MR) is 134 cm³/mol. The lowest BCUT2D eigenvalue weighted by molar-refractivity contribution is -0.0429. The number of halogens is 3. The first-order valence-electron chi connectivity index (χ1n) is 11.8. The number of nitrogens with one attached hydrogen (secondary N) is 1. The van der Waals surface area contributed by atoms with E-state index in [1.807, 2.05) is 27.7 Å². The minimum Gasteiger partial charge on any atom is -0.457 e. The Balaban J connectivity index is 2.02. The molecule has 15 heteroatoms. The number of aromatic nitrogens is 2. The third-order valence-corrected chi connectivity index (χ3v) is 7.79. The molecule has 0 bridgehead atoms. The van der Waals surface area contributed by atoms with E-state index in [0.29, 0.717) is 18.5 Å². The zero-order chi connectivity index (χ0) is 27.5. The molecule has 3 rings (SSSR count). The maximum Gasteiger partial charge on any atom is 0.516 e. The van der Waals surface area contributed by atoms with Gasteiger partial charge in [-0.15, -0.1) is 20.4 Å². The number of benzene rings is 1. The Morgan fingerprint density at radius 3 is 2.54 bits per heavy atom. The van der Waals surface area contributed by atoms with E-state index in [-0.39, 0.29) is 39.7 Å². The topological polar surface area (TPSA) is 126 Å². The molecule has 0 fully saturated rings. The quantitative estimate of drug-likeness (QED) is 0.289. The third kappa shape index (κ3) is 6.55. The van der Waals surface area contributed by atoms with Gasteiger partial charge in [-0.3, -0.25) is 4.72 Å². The van der Waals surface area contributed by atoms with Gasteiger partial charge in [0.15, 0.2) is 0 Å². The first kappa shape index (κ1) is 28.8. The van der Waals surface area contributed by atoms with E-state index in [2.05, 4.69) is 25.3 Å². The van der Waals surface area contributed by atoms with Crippen LogP contribution in [0.1, 0.15) is 69.2 Å². The van der Waals surface area contributed by atoms with Gasteiger partial charge in [-0.2, -0.15) is 21.6 Å². The number of sulfonamides is 1. The van der Waals surface area contributed by atoms with Gasteiger partial charge in [-0.25, -0.2) is 4.79 Å². The van der Waals surface area contributed by atoms with Crippen molar-refractivity contribution in [3.63, 3.8) is 0 Å². The summed E-state index contributed by atoms with van der Waals surface area (Å²) in [5.74, 6) is -0.681. The second-order valence-electron chi connectivity index (χ2n) is 8.87. The van der Waals surface area contributed by atoms with Crippen LogP contribution in [0.25, 0.3) is 0 Å². The second-order valence-corrected chi connectivity index (χ2v) is 11.5. The van der Waals surface area contributed by atoms with E-state index in [0.717, 1.165) is 29.7 Å². The molecule has 1 aromatic carbocycles. The van der Waals surface area contributed by atoms with E-state index in [1.54, 1.807) is 11.6 Å². The summed E-state index contributed by atoms with van der Waals surface area (Å²) in [5, 5.41) is 15.2. The summed E-state index contributed by atoms with van der Waals surface area (Å²) in [6.45, 7) is 9.52. The zero-order valence-electron chi connectivity index (χ0n) is 21.0. The fraction of sp³-hybridized carbons (Fsp3) is 0.591. The molecule has 0 saturated heterocycles. The van der Waals surface area contributed by atoms with Gasteiger partial charge in [0.05, 0.1) is 11.8 Å². The van der Waals surface area contributed by atoms with Crippen LogP contribution in [0, 0.1) is 0 Å². The van der Waals surface area contributed by atoms with Crippen LogP contribution in [0.15, 0.2) is 22.4 Å². The van der Waals surface area contributed by atoms with E-state index in [9.17, 15) is 26.4 Å². The van der Waals surface area contributed by atoms with Gasteiger partial charge in [0, 0.05) is 17.8 Å². The van der Waals surface area contributed by atoms with Crippen LogP contribution in [0.4, 0.5) is 35.4 Å². The fourth-order valence-electron chi connectivity index (χ4n) is 3.94. The summed E-state index contributed by atoms with van der Waals surface area (Å²) >= 11 is 0.788. The Morgan fingerprint density at radius 1 is 1.24 bits per heavy atom. The van der Waals surface area contributed by atoms with Gasteiger partial charge in [0.1, 0.15) is 5.69 Å². The minimum atomic E-state index is -5.72. The van der Waals surface area contributed by atoms with Crippen LogP contribution < -0.4 is 9.62 Å². The average molecular weight is 563 g/mol. The highest BCUT2D eigenvalue weighted by atomic mass is 32.2. The second kappa shape index (κ2) is 11.3. The predicted octanol–water partition coefficient (Wildman–Crippen LogP) is 6.11. The van der Waals surface area contributed by atoms with E-state index in [1.165, 1.54) is 12.1 Å². The Bertz CT molecular complexity index is 1260. The molecule has 0 amide bonds. The Morgan fingerprint density at radius 2 is 1.95 bits per heavy atom. The number of ether oxygens (including phenoxy) is 1. The van der Waals surface area contributed by atoms with Crippen molar-refractivity contribution in [2.45, 2.75) is 84.0 Å². The van der Waals surface area contributed by atoms with Crippen molar-refractivity contribution in [1.29, 1.82) is 0 Å². The van der Waals surface area contributed by atoms with Gasteiger partial charge in [-0.05, 0) is 64.2 Å². The number of nitrogens with zero attached hydrogens (tertiary/aromatic N) is 5. The van der Waals surface area contributed by atoms with Gasteiger partial charge in [0.2, 0.25) is 5.01 Å². The molecular weight excluding hydrogens is 533 g/mol. The lowest BCUT2D eigenvalue weighted by Gasteiger charge is -2.42. The molecule has 0 spiro atoms. The fourth-order valence-corrected chi connectivity index (χ4v) is 5.06. The number of carbonyl (C=O) groups excluding carboxylic acids is 1. The molecule has 2 heterocycles. The van der Waals surface area contributed by atoms with E-state index < -0.39 is 21.5 Å². The summed E-state index contributed by atoms with van der Waals surface area (Å²) in [6, 6.07) is 3.07. The number of hydrogen-bond donors (Lipinski definition) is 1. The minimum absolute atomic E-state index is 0.0264. The van der Waals surface area contributed by atoms with Crippen LogP contribution in [0.5, 0.6) is 0 Å². The maximum absolute atomic E-state index is 13.2. The number of rotatable bonds is 9. The van der Waals surface area contributed by atoms with Crippen molar-refractivity contribution >= 4 is 49.5 Å². The smallest absolute Gasteiger partial charge is 0.457 e. The van der Waals surface area contributed by atoms with Gasteiger partial charge in [0.25, 0.3) is 5.13 Å². The van der Waals surface area contributed by atoms with E-state index in [4.69, 9.17) is 4.74 Å².